The quantitative estimate of drug-likeness (QED) is 0.508. The van der Waals surface area contributed by atoms with Gasteiger partial charge in [-0.2, -0.15) is 0 Å². The van der Waals surface area contributed by atoms with Crippen LogP contribution in [0.2, 0.25) is 0 Å². The van der Waals surface area contributed by atoms with Crippen molar-refractivity contribution >= 4 is 0 Å². The van der Waals surface area contributed by atoms with E-state index in [0.717, 1.165) is 59.0 Å². The Balaban J connectivity index is 3.06. The summed E-state index contributed by atoms with van der Waals surface area (Å²) in [7, 11) is 2.13. The molecule has 0 heterocycles. The lowest BCUT2D eigenvalue weighted by molar-refractivity contribution is 0.122. The molecule has 16 heavy (non-hydrogen) atoms. The van der Waals surface area contributed by atoms with Crippen molar-refractivity contribution in [3.63, 3.8) is 0 Å². The van der Waals surface area contributed by atoms with Crippen LogP contribution < -0.4 is 5.32 Å². The molecule has 0 atom stereocenters. The van der Waals surface area contributed by atoms with Gasteiger partial charge in [-0.25, -0.2) is 0 Å². The van der Waals surface area contributed by atoms with Crippen molar-refractivity contribution < 1.29 is 9.47 Å². The van der Waals surface area contributed by atoms with E-state index < -0.39 is 0 Å². The van der Waals surface area contributed by atoms with Gasteiger partial charge in [-0.3, -0.25) is 0 Å². The van der Waals surface area contributed by atoms with Crippen molar-refractivity contribution in [3.8, 4) is 0 Å². The molecule has 0 aliphatic rings. The second kappa shape index (κ2) is 12.9. The van der Waals surface area contributed by atoms with Crippen molar-refractivity contribution in [1.29, 1.82) is 0 Å². The molecule has 0 saturated carbocycles. The molecule has 0 saturated heterocycles. The third kappa shape index (κ3) is 11.9. The van der Waals surface area contributed by atoms with Crippen LogP contribution in [0.1, 0.15) is 20.3 Å². The highest BCUT2D eigenvalue weighted by Gasteiger charge is 1.97. The molecule has 98 valence electrons. The number of hydrogen-bond donors (Lipinski definition) is 1. The average Bonchev–Trinajstić information content (AvgIpc) is 2.28. The van der Waals surface area contributed by atoms with Gasteiger partial charge in [0, 0.05) is 39.5 Å². The van der Waals surface area contributed by atoms with Crippen molar-refractivity contribution in [1.82, 2.24) is 10.2 Å². The van der Waals surface area contributed by atoms with Crippen LogP contribution in [0, 0.1) is 0 Å². The lowest BCUT2D eigenvalue weighted by Gasteiger charge is -2.16. The third-order valence-corrected chi connectivity index (χ3v) is 2.34. The van der Waals surface area contributed by atoms with Gasteiger partial charge in [0.2, 0.25) is 0 Å². The highest BCUT2D eigenvalue weighted by molar-refractivity contribution is 4.54. The van der Waals surface area contributed by atoms with E-state index in [-0.39, 0.29) is 0 Å². The lowest BCUT2D eigenvalue weighted by Crippen LogP contribution is -2.32. The number of nitrogens with one attached hydrogen (secondary N) is 1. The number of rotatable bonds is 12. The minimum absolute atomic E-state index is 0.809. The molecule has 0 aromatic rings. The van der Waals surface area contributed by atoms with E-state index in [4.69, 9.17) is 9.47 Å². The molecule has 0 unspecified atom stereocenters. The molecular formula is C12H28N2O2. The molecule has 0 fully saturated rings. The number of ether oxygens (including phenoxy) is 2. The fraction of sp³-hybridized carbons (Fsp3) is 1.00. The molecule has 0 radical (unpaired) electrons. The first-order chi connectivity index (χ1) is 7.81. The number of likely N-dealkylation sites (N-methyl/N-ethyl adjacent to an activating group) is 1. The van der Waals surface area contributed by atoms with Crippen LogP contribution in [0.4, 0.5) is 0 Å². The zero-order valence-corrected chi connectivity index (χ0v) is 11.1. The summed E-state index contributed by atoms with van der Waals surface area (Å²) < 4.78 is 10.6. The van der Waals surface area contributed by atoms with Crippen LogP contribution in [-0.2, 0) is 9.47 Å². The van der Waals surface area contributed by atoms with Gasteiger partial charge in [0.1, 0.15) is 0 Å². The van der Waals surface area contributed by atoms with Crippen LogP contribution in [0.5, 0.6) is 0 Å². The SMILES string of the molecule is CCOCCCNCCN(C)CCOCC. The second-order valence-corrected chi connectivity index (χ2v) is 3.80. The second-order valence-electron chi connectivity index (χ2n) is 3.80. The minimum atomic E-state index is 0.809. The number of hydrogen-bond acceptors (Lipinski definition) is 4. The molecular weight excluding hydrogens is 204 g/mol. The van der Waals surface area contributed by atoms with Gasteiger partial charge in [-0.15, -0.1) is 0 Å². The Morgan fingerprint density at radius 3 is 2.31 bits per heavy atom. The fourth-order valence-corrected chi connectivity index (χ4v) is 1.32. The van der Waals surface area contributed by atoms with Gasteiger partial charge in [-0.1, -0.05) is 0 Å². The standard InChI is InChI=1S/C12H28N2O2/c1-4-15-11-6-7-13-8-9-14(3)10-12-16-5-2/h13H,4-12H2,1-3H3. The average molecular weight is 232 g/mol. The predicted octanol–water partition coefficient (Wildman–Crippen LogP) is 0.971. The van der Waals surface area contributed by atoms with Gasteiger partial charge < -0.3 is 19.7 Å². The van der Waals surface area contributed by atoms with Gasteiger partial charge in [-0.05, 0) is 33.9 Å². The monoisotopic (exact) mass is 232 g/mol. The summed E-state index contributed by atoms with van der Waals surface area (Å²) in [5.74, 6) is 0. The number of nitrogens with zero attached hydrogens (tertiary/aromatic N) is 1. The van der Waals surface area contributed by atoms with Crippen LogP contribution in [0.25, 0.3) is 0 Å². The van der Waals surface area contributed by atoms with Crippen LogP contribution >= 0.6 is 0 Å². The van der Waals surface area contributed by atoms with Crippen molar-refractivity contribution in [2.45, 2.75) is 20.3 Å². The molecule has 0 aromatic carbocycles. The van der Waals surface area contributed by atoms with Crippen molar-refractivity contribution in [3.05, 3.63) is 0 Å². The molecule has 1 N–H and O–H groups in total. The Morgan fingerprint density at radius 1 is 0.938 bits per heavy atom. The first-order valence-corrected chi connectivity index (χ1v) is 6.36. The normalized spacial score (nSPS) is 11.2. The summed E-state index contributed by atoms with van der Waals surface area (Å²) in [5, 5.41) is 3.40. The van der Waals surface area contributed by atoms with E-state index in [9.17, 15) is 0 Å². The van der Waals surface area contributed by atoms with Gasteiger partial charge in [0.05, 0.1) is 6.61 Å². The summed E-state index contributed by atoms with van der Waals surface area (Å²) in [6, 6.07) is 0. The van der Waals surface area contributed by atoms with E-state index in [1.54, 1.807) is 0 Å². The van der Waals surface area contributed by atoms with E-state index in [1.807, 2.05) is 13.8 Å². The molecule has 0 bridgehead atoms. The molecule has 0 aliphatic carbocycles. The molecule has 4 nitrogen and oxygen atoms in total. The Labute approximate surface area is 100 Å². The minimum Gasteiger partial charge on any atom is -0.382 e. The molecule has 0 aliphatic heterocycles. The summed E-state index contributed by atoms with van der Waals surface area (Å²) in [4.78, 5) is 2.28. The summed E-state index contributed by atoms with van der Waals surface area (Å²) in [6.45, 7) is 11.5. The first-order valence-electron chi connectivity index (χ1n) is 6.36. The van der Waals surface area contributed by atoms with E-state index in [0.29, 0.717) is 0 Å². The molecule has 4 heteroatoms. The highest BCUT2D eigenvalue weighted by Crippen LogP contribution is 1.83. The van der Waals surface area contributed by atoms with Crippen LogP contribution in [0.15, 0.2) is 0 Å². The van der Waals surface area contributed by atoms with Gasteiger partial charge >= 0.3 is 0 Å². The van der Waals surface area contributed by atoms with Gasteiger partial charge in [0.25, 0.3) is 0 Å². The molecule has 0 aromatic heterocycles. The van der Waals surface area contributed by atoms with Crippen LogP contribution in [0.3, 0.4) is 0 Å². The Bertz CT molecular complexity index is 134. The first kappa shape index (κ1) is 15.8. The zero-order chi connectivity index (χ0) is 12.1. The predicted molar refractivity (Wildman–Crippen MR) is 68.0 cm³/mol. The Kier molecular flexibility index (Phi) is 12.8. The highest BCUT2D eigenvalue weighted by atomic mass is 16.5. The van der Waals surface area contributed by atoms with Crippen LogP contribution in [-0.4, -0.2) is 64.6 Å². The molecule has 0 rings (SSSR count). The summed E-state index contributed by atoms with van der Waals surface area (Å²) in [5.41, 5.74) is 0. The van der Waals surface area contributed by atoms with E-state index >= 15 is 0 Å². The molecule has 0 amide bonds. The topological polar surface area (TPSA) is 33.7 Å². The molecule has 0 spiro atoms. The van der Waals surface area contributed by atoms with E-state index in [1.165, 1.54) is 0 Å². The summed E-state index contributed by atoms with van der Waals surface area (Å²) >= 11 is 0. The Morgan fingerprint density at radius 2 is 1.62 bits per heavy atom. The third-order valence-electron chi connectivity index (χ3n) is 2.34. The lowest BCUT2D eigenvalue weighted by atomic mass is 10.4. The smallest absolute Gasteiger partial charge is 0.0593 e. The maximum Gasteiger partial charge on any atom is 0.0593 e. The Hall–Kier alpha value is -0.160. The van der Waals surface area contributed by atoms with Gasteiger partial charge in [0.15, 0.2) is 0 Å². The maximum atomic E-state index is 5.30. The van der Waals surface area contributed by atoms with Crippen molar-refractivity contribution in [2.75, 3.05) is 59.7 Å². The van der Waals surface area contributed by atoms with E-state index in [2.05, 4.69) is 17.3 Å². The van der Waals surface area contributed by atoms with Crippen molar-refractivity contribution in [2.24, 2.45) is 0 Å². The maximum absolute atomic E-state index is 5.30. The zero-order valence-electron chi connectivity index (χ0n) is 11.1. The summed E-state index contributed by atoms with van der Waals surface area (Å²) in [6.07, 6.45) is 1.09. The fourth-order valence-electron chi connectivity index (χ4n) is 1.32. The largest absolute Gasteiger partial charge is 0.382 e.